The summed E-state index contributed by atoms with van der Waals surface area (Å²) >= 11 is 1.42. The molecule has 0 aromatic carbocycles. The van der Waals surface area contributed by atoms with Crippen LogP contribution in [0.15, 0.2) is 17.6 Å². The second-order valence-electron chi connectivity index (χ2n) is 9.51. The number of alkyl halides is 2. The van der Waals surface area contributed by atoms with Crippen LogP contribution in [-0.2, 0) is 9.53 Å². The van der Waals surface area contributed by atoms with Crippen molar-refractivity contribution in [2.75, 3.05) is 12.4 Å². The molecule has 2 fully saturated rings. The van der Waals surface area contributed by atoms with Crippen molar-refractivity contribution in [3.05, 3.63) is 18.0 Å². The number of fused-ring (bicyclic) bond motifs is 1. The SMILES string of the molecule is CCCCC(CC)COC(=O)CCSc1ncc2c(n1)c(C1C[C@@H](F)[C@@H](F)C1)cn2C1CC1. The van der Waals surface area contributed by atoms with E-state index in [2.05, 4.69) is 23.4 Å². The van der Waals surface area contributed by atoms with Crippen molar-refractivity contribution in [2.24, 2.45) is 5.92 Å². The molecule has 2 aromatic rings. The molecule has 4 atom stereocenters. The standard InChI is InChI=1S/C25H35F2N3O2S/c1-3-5-6-16(4-2)15-32-23(31)9-10-33-25-28-13-22-24(29-25)19(14-30(22)18-7-8-18)17-11-20(26)21(27)12-17/h13-14,16-18,20-21H,3-12,15H2,1-2H3/t16?,17?,20-,21+. The number of esters is 1. The zero-order valence-electron chi connectivity index (χ0n) is 19.6. The number of nitrogens with zero attached hydrogens (tertiary/aromatic N) is 3. The zero-order valence-corrected chi connectivity index (χ0v) is 20.5. The van der Waals surface area contributed by atoms with Gasteiger partial charge in [0.05, 0.1) is 30.3 Å². The van der Waals surface area contributed by atoms with Gasteiger partial charge in [-0.15, -0.1) is 0 Å². The fourth-order valence-corrected chi connectivity index (χ4v) is 5.39. The molecule has 0 radical (unpaired) electrons. The molecule has 182 valence electrons. The summed E-state index contributed by atoms with van der Waals surface area (Å²) in [5.74, 6) is 0.634. The summed E-state index contributed by atoms with van der Waals surface area (Å²) in [5.41, 5.74) is 2.67. The van der Waals surface area contributed by atoms with Gasteiger partial charge in [-0.3, -0.25) is 4.79 Å². The number of hydrogen-bond acceptors (Lipinski definition) is 5. The average Bonchev–Trinajstić information content (AvgIpc) is 3.51. The number of ether oxygens (including phenoxy) is 1. The Kier molecular flexibility index (Phi) is 8.25. The number of rotatable bonds is 12. The molecule has 2 aliphatic carbocycles. The lowest BCUT2D eigenvalue weighted by molar-refractivity contribution is -0.144. The molecule has 33 heavy (non-hydrogen) atoms. The van der Waals surface area contributed by atoms with Crippen molar-refractivity contribution in [1.29, 1.82) is 0 Å². The maximum atomic E-state index is 13.9. The summed E-state index contributed by atoms with van der Waals surface area (Å²) < 4.78 is 35.4. The minimum atomic E-state index is -1.40. The van der Waals surface area contributed by atoms with Crippen LogP contribution in [0, 0.1) is 5.92 Å². The van der Waals surface area contributed by atoms with Crippen LogP contribution in [-0.4, -0.2) is 45.2 Å². The van der Waals surface area contributed by atoms with Crippen molar-refractivity contribution in [2.45, 2.75) is 101 Å². The van der Waals surface area contributed by atoms with Crippen molar-refractivity contribution in [1.82, 2.24) is 14.5 Å². The van der Waals surface area contributed by atoms with Gasteiger partial charge in [-0.2, -0.15) is 0 Å². The van der Waals surface area contributed by atoms with E-state index in [1.807, 2.05) is 12.4 Å². The third-order valence-electron chi connectivity index (χ3n) is 6.93. The van der Waals surface area contributed by atoms with Gasteiger partial charge in [0.1, 0.15) is 12.3 Å². The first kappa shape index (κ1) is 24.4. The van der Waals surface area contributed by atoms with E-state index in [4.69, 9.17) is 9.72 Å². The van der Waals surface area contributed by atoms with Crippen LogP contribution in [0.2, 0.25) is 0 Å². The lowest BCUT2D eigenvalue weighted by Gasteiger charge is -2.14. The molecular formula is C25H35F2N3O2S. The van der Waals surface area contributed by atoms with Gasteiger partial charge in [-0.1, -0.05) is 44.9 Å². The van der Waals surface area contributed by atoms with Crippen LogP contribution < -0.4 is 0 Å². The van der Waals surface area contributed by atoms with E-state index in [0.29, 0.717) is 35.9 Å². The zero-order chi connectivity index (χ0) is 23.4. The first-order chi connectivity index (χ1) is 16.0. The molecule has 2 saturated carbocycles. The molecule has 2 heterocycles. The summed E-state index contributed by atoms with van der Waals surface area (Å²) in [6.07, 6.45) is 8.45. The van der Waals surface area contributed by atoms with Crippen molar-refractivity contribution < 1.29 is 18.3 Å². The molecule has 2 aromatic heterocycles. The van der Waals surface area contributed by atoms with Crippen LogP contribution in [0.5, 0.6) is 0 Å². The van der Waals surface area contributed by atoms with E-state index in [9.17, 15) is 13.6 Å². The summed E-state index contributed by atoms with van der Waals surface area (Å²) in [6.45, 7) is 4.80. The quantitative estimate of drug-likeness (QED) is 0.196. The molecule has 0 N–H and O–H groups in total. The Bertz CT molecular complexity index is 939. The number of thioether (sulfide) groups is 1. The number of aromatic nitrogens is 3. The van der Waals surface area contributed by atoms with E-state index >= 15 is 0 Å². The Hall–Kier alpha value is -1.70. The Morgan fingerprint density at radius 3 is 2.70 bits per heavy atom. The Morgan fingerprint density at radius 1 is 1.27 bits per heavy atom. The maximum Gasteiger partial charge on any atom is 0.306 e. The number of halogens is 2. The van der Waals surface area contributed by atoms with Crippen LogP contribution in [0.25, 0.3) is 11.0 Å². The number of carbonyl (C=O) groups excluding carboxylic acids is 1. The topological polar surface area (TPSA) is 57.0 Å². The summed E-state index contributed by atoms with van der Waals surface area (Å²) in [4.78, 5) is 21.4. The second-order valence-corrected chi connectivity index (χ2v) is 10.6. The predicted molar refractivity (Wildman–Crippen MR) is 127 cm³/mol. The van der Waals surface area contributed by atoms with E-state index in [0.717, 1.165) is 55.1 Å². The Balaban J connectivity index is 1.37. The van der Waals surface area contributed by atoms with E-state index in [-0.39, 0.29) is 24.7 Å². The van der Waals surface area contributed by atoms with Crippen LogP contribution >= 0.6 is 11.8 Å². The van der Waals surface area contributed by atoms with Gasteiger partial charge in [0.2, 0.25) is 0 Å². The van der Waals surface area contributed by atoms with Crippen molar-refractivity contribution in [3.8, 4) is 0 Å². The molecule has 8 heteroatoms. The van der Waals surface area contributed by atoms with Crippen molar-refractivity contribution in [3.63, 3.8) is 0 Å². The first-order valence-corrected chi connectivity index (χ1v) is 13.4. The summed E-state index contributed by atoms with van der Waals surface area (Å²) in [5, 5.41) is 0.589. The van der Waals surface area contributed by atoms with Gasteiger partial charge in [0.25, 0.3) is 0 Å². The highest BCUT2D eigenvalue weighted by Gasteiger charge is 2.38. The van der Waals surface area contributed by atoms with Crippen LogP contribution in [0.4, 0.5) is 8.78 Å². The van der Waals surface area contributed by atoms with Gasteiger partial charge in [0, 0.05) is 18.0 Å². The fraction of sp³-hybridized carbons (Fsp3) is 0.720. The number of carbonyl (C=O) groups is 1. The van der Waals surface area contributed by atoms with E-state index in [1.165, 1.54) is 11.8 Å². The molecule has 4 rings (SSSR count). The smallest absolute Gasteiger partial charge is 0.306 e. The van der Waals surface area contributed by atoms with Gasteiger partial charge >= 0.3 is 5.97 Å². The summed E-state index contributed by atoms with van der Waals surface area (Å²) in [6, 6.07) is 0.436. The van der Waals surface area contributed by atoms with Gasteiger partial charge < -0.3 is 9.30 Å². The largest absolute Gasteiger partial charge is 0.465 e. The second kappa shape index (κ2) is 11.2. The van der Waals surface area contributed by atoms with Gasteiger partial charge in [-0.25, -0.2) is 18.7 Å². The molecule has 0 bridgehead atoms. The van der Waals surface area contributed by atoms with Crippen molar-refractivity contribution >= 4 is 28.8 Å². The molecule has 0 spiro atoms. The normalized spacial score (nSPS) is 23.8. The number of unbranched alkanes of at least 4 members (excludes halogenated alkanes) is 1. The third kappa shape index (κ3) is 6.06. The average molecular weight is 480 g/mol. The Labute approximate surface area is 199 Å². The van der Waals surface area contributed by atoms with E-state index in [1.54, 1.807) is 0 Å². The minimum absolute atomic E-state index is 0.153. The highest BCUT2D eigenvalue weighted by Crippen LogP contribution is 2.44. The van der Waals surface area contributed by atoms with Gasteiger partial charge in [-0.05, 0) is 49.5 Å². The summed E-state index contributed by atoms with van der Waals surface area (Å²) in [7, 11) is 0. The van der Waals surface area contributed by atoms with E-state index < -0.39 is 12.3 Å². The molecule has 0 amide bonds. The number of hydrogen-bond donors (Lipinski definition) is 0. The lowest BCUT2D eigenvalue weighted by atomic mass is 9.99. The van der Waals surface area contributed by atoms with Crippen LogP contribution in [0.3, 0.4) is 0 Å². The molecule has 2 aliphatic rings. The molecule has 0 saturated heterocycles. The highest BCUT2D eigenvalue weighted by atomic mass is 32.2. The monoisotopic (exact) mass is 479 g/mol. The Morgan fingerprint density at radius 2 is 2.03 bits per heavy atom. The highest BCUT2D eigenvalue weighted by molar-refractivity contribution is 7.99. The lowest BCUT2D eigenvalue weighted by Crippen LogP contribution is -2.14. The molecule has 0 aliphatic heterocycles. The fourth-order valence-electron chi connectivity index (χ4n) is 4.66. The molecule has 2 unspecified atom stereocenters. The minimum Gasteiger partial charge on any atom is -0.465 e. The van der Waals surface area contributed by atoms with Gasteiger partial charge in [0.15, 0.2) is 5.16 Å². The first-order valence-electron chi connectivity index (χ1n) is 12.4. The molecule has 5 nitrogen and oxygen atoms in total. The molecular weight excluding hydrogens is 444 g/mol. The maximum absolute atomic E-state index is 13.9. The third-order valence-corrected chi connectivity index (χ3v) is 7.79. The van der Waals surface area contributed by atoms with Crippen LogP contribution in [0.1, 0.15) is 89.2 Å². The predicted octanol–water partition coefficient (Wildman–Crippen LogP) is 6.56.